The molecule has 0 saturated carbocycles. The number of hydrogen-bond donors (Lipinski definition) is 2. The first kappa shape index (κ1) is 20.1. The molecule has 0 rings (SSSR count). The van der Waals surface area contributed by atoms with E-state index in [1.807, 2.05) is 0 Å². The van der Waals surface area contributed by atoms with Crippen LogP contribution in [0.15, 0.2) is 11.6 Å². The van der Waals surface area contributed by atoms with E-state index in [-0.39, 0.29) is 6.61 Å². The number of hydrogen-bond acceptors (Lipinski definition) is 4. The third-order valence-electron chi connectivity index (χ3n) is 3.15. The zero-order valence-electron chi connectivity index (χ0n) is 13.2. The van der Waals surface area contributed by atoms with E-state index < -0.39 is 29.9 Å². The Labute approximate surface area is 131 Å². The topological polar surface area (TPSA) is 101 Å². The lowest BCUT2D eigenvalue weighted by Gasteiger charge is -2.04. The summed E-state index contributed by atoms with van der Waals surface area (Å²) >= 11 is 0. The number of ether oxygens (including phenoxy) is 1. The molecule has 0 fully saturated rings. The van der Waals surface area contributed by atoms with Crippen LogP contribution in [-0.2, 0) is 19.1 Å². The maximum Gasteiger partial charge on any atom is 0.332 e. The first-order valence-electron chi connectivity index (χ1n) is 7.79. The van der Waals surface area contributed by atoms with Crippen molar-refractivity contribution in [2.75, 3.05) is 6.61 Å². The van der Waals surface area contributed by atoms with Gasteiger partial charge < -0.3 is 14.9 Å². The summed E-state index contributed by atoms with van der Waals surface area (Å²) in [5, 5.41) is 17.3. The zero-order valence-corrected chi connectivity index (χ0v) is 13.2. The van der Waals surface area contributed by atoms with E-state index >= 15 is 0 Å². The van der Waals surface area contributed by atoms with Crippen LogP contribution < -0.4 is 0 Å². The molecule has 0 aliphatic heterocycles. The number of carboxylic acid groups (broad SMARTS) is 2. The normalized spacial score (nSPS) is 11.2. The summed E-state index contributed by atoms with van der Waals surface area (Å²) in [6, 6.07) is 0. The molecule has 0 aliphatic rings. The molecule has 126 valence electrons. The summed E-state index contributed by atoms with van der Waals surface area (Å²) < 4.78 is 4.88. The minimum absolute atomic E-state index is 0.226. The van der Waals surface area contributed by atoms with Gasteiger partial charge in [-0.05, 0) is 6.42 Å². The van der Waals surface area contributed by atoms with E-state index in [4.69, 9.17) is 14.9 Å². The summed E-state index contributed by atoms with van der Waals surface area (Å²) in [4.78, 5) is 32.6. The molecular formula is C16H26O6. The van der Waals surface area contributed by atoms with Crippen LogP contribution in [0.5, 0.6) is 0 Å². The molecule has 0 heterocycles. The highest BCUT2D eigenvalue weighted by Gasteiger charge is 2.14. The van der Waals surface area contributed by atoms with Crippen LogP contribution in [0.25, 0.3) is 0 Å². The van der Waals surface area contributed by atoms with Gasteiger partial charge in [0.15, 0.2) is 0 Å². The third-order valence-corrected chi connectivity index (χ3v) is 3.15. The highest BCUT2D eigenvalue weighted by atomic mass is 16.5. The highest BCUT2D eigenvalue weighted by Crippen LogP contribution is 2.08. The average molecular weight is 314 g/mol. The average Bonchev–Trinajstić information content (AvgIpc) is 2.44. The summed E-state index contributed by atoms with van der Waals surface area (Å²) in [6.45, 7) is 2.40. The number of aliphatic carboxylic acids is 2. The molecule has 22 heavy (non-hydrogen) atoms. The lowest BCUT2D eigenvalue weighted by Crippen LogP contribution is -2.11. The SMILES string of the molecule is CCCCCCCCCCOC(=O)C=C(CC(=O)O)C(=O)O. The van der Waals surface area contributed by atoms with E-state index in [0.717, 1.165) is 25.3 Å². The number of carboxylic acids is 2. The second-order valence-electron chi connectivity index (χ2n) is 5.19. The van der Waals surface area contributed by atoms with Crippen molar-refractivity contribution in [2.45, 2.75) is 64.7 Å². The molecule has 0 radical (unpaired) electrons. The van der Waals surface area contributed by atoms with Crippen LogP contribution >= 0.6 is 0 Å². The largest absolute Gasteiger partial charge is 0.481 e. The molecule has 0 aromatic rings. The Morgan fingerprint density at radius 2 is 1.45 bits per heavy atom. The minimum atomic E-state index is -1.42. The molecule has 0 aliphatic carbocycles. The van der Waals surface area contributed by atoms with Crippen molar-refractivity contribution in [1.29, 1.82) is 0 Å². The fraction of sp³-hybridized carbons (Fsp3) is 0.688. The first-order valence-corrected chi connectivity index (χ1v) is 7.79. The summed E-state index contributed by atoms with van der Waals surface area (Å²) in [6.07, 6.45) is 8.98. The zero-order chi connectivity index (χ0) is 16.8. The summed E-state index contributed by atoms with van der Waals surface area (Å²) in [5.41, 5.74) is -0.478. The number of esters is 1. The first-order chi connectivity index (χ1) is 10.5. The minimum Gasteiger partial charge on any atom is -0.481 e. The van der Waals surface area contributed by atoms with Crippen LogP contribution in [0.2, 0.25) is 0 Å². The Morgan fingerprint density at radius 3 is 1.95 bits per heavy atom. The Kier molecular flexibility index (Phi) is 11.8. The smallest absolute Gasteiger partial charge is 0.332 e. The molecule has 6 nitrogen and oxygen atoms in total. The molecule has 0 amide bonds. The third kappa shape index (κ3) is 11.9. The van der Waals surface area contributed by atoms with Crippen molar-refractivity contribution in [3.63, 3.8) is 0 Å². The Bertz CT molecular complexity index is 386. The van der Waals surface area contributed by atoms with Crippen molar-refractivity contribution in [1.82, 2.24) is 0 Å². The molecular weight excluding hydrogens is 288 g/mol. The van der Waals surface area contributed by atoms with Gasteiger partial charge in [0, 0.05) is 6.08 Å². The Balaban J connectivity index is 3.79. The molecule has 0 atom stereocenters. The van der Waals surface area contributed by atoms with Gasteiger partial charge in [-0.1, -0.05) is 51.9 Å². The van der Waals surface area contributed by atoms with E-state index in [1.54, 1.807) is 0 Å². The second-order valence-corrected chi connectivity index (χ2v) is 5.19. The van der Waals surface area contributed by atoms with Crippen molar-refractivity contribution < 1.29 is 29.3 Å². The second kappa shape index (κ2) is 12.9. The van der Waals surface area contributed by atoms with Gasteiger partial charge in [-0.25, -0.2) is 9.59 Å². The molecule has 0 aromatic carbocycles. The standard InChI is InChI=1S/C16H26O6/c1-2-3-4-5-6-7-8-9-10-22-15(19)12-13(16(20)21)11-14(17)18/h12H,2-11H2,1H3,(H,17,18)(H,20,21). The van der Waals surface area contributed by atoms with Gasteiger partial charge in [0.25, 0.3) is 0 Å². The Hall–Kier alpha value is -1.85. The van der Waals surface area contributed by atoms with Gasteiger partial charge in [-0.2, -0.15) is 0 Å². The maximum absolute atomic E-state index is 11.4. The predicted octanol–water partition coefficient (Wildman–Crippen LogP) is 3.16. The highest BCUT2D eigenvalue weighted by molar-refractivity contribution is 5.98. The molecule has 6 heteroatoms. The van der Waals surface area contributed by atoms with Crippen LogP contribution in [0.1, 0.15) is 64.7 Å². The molecule has 0 spiro atoms. The van der Waals surface area contributed by atoms with Crippen LogP contribution in [0, 0.1) is 0 Å². The van der Waals surface area contributed by atoms with Gasteiger partial charge >= 0.3 is 17.9 Å². The van der Waals surface area contributed by atoms with Gasteiger partial charge in [0.2, 0.25) is 0 Å². The van der Waals surface area contributed by atoms with E-state index in [1.165, 1.54) is 32.1 Å². The van der Waals surface area contributed by atoms with Crippen molar-refractivity contribution >= 4 is 17.9 Å². The van der Waals surface area contributed by atoms with Gasteiger partial charge in [0.1, 0.15) is 0 Å². The summed E-state index contributed by atoms with van der Waals surface area (Å²) in [5.74, 6) is -3.53. The van der Waals surface area contributed by atoms with Crippen LogP contribution in [0.3, 0.4) is 0 Å². The van der Waals surface area contributed by atoms with E-state index in [9.17, 15) is 14.4 Å². The summed E-state index contributed by atoms with van der Waals surface area (Å²) in [7, 11) is 0. The van der Waals surface area contributed by atoms with Crippen molar-refractivity contribution in [2.24, 2.45) is 0 Å². The van der Waals surface area contributed by atoms with E-state index in [2.05, 4.69) is 6.92 Å². The number of carbonyl (C=O) groups excluding carboxylic acids is 1. The van der Waals surface area contributed by atoms with Crippen molar-refractivity contribution in [3.8, 4) is 0 Å². The number of rotatable bonds is 13. The molecule has 0 saturated heterocycles. The van der Waals surface area contributed by atoms with E-state index in [0.29, 0.717) is 0 Å². The molecule has 0 bridgehead atoms. The quantitative estimate of drug-likeness (QED) is 0.308. The fourth-order valence-electron chi connectivity index (χ4n) is 1.94. The number of carbonyl (C=O) groups is 3. The monoisotopic (exact) mass is 314 g/mol. The fourth-order valence-corrected chi connectivity index (χ4v) is 1.94. The van der Waals surface area contributed by atoms with Gasteiger partial charge in [-0.3, -0.25) is 4.79 Å². The Morgan fingerprint density at radius 1 is 0.909 bits per heavy atom. The van der Waals surface area contributed by atoms with Crippen molar-refractivity contribution in [3.05, 3.63) is 11.6 Å². The number of unbranched alkanes of at least 4 members (excludes halogenated alkanes) is 7. The molecule has 0 unspecified atom stereocenters. The van der Waals surface area contributed by atoms with Crippen LogP contribution in [-0.4, -0.2) is 34.7 Å². The molecule has 0 aromatic heterocycles. The van der Waals surface area contributed by atoms with Crippen LogP contribution in [0.4, 0.5) is 0 Å². The molecule has 2 N–H and O–H groups in total. The lowest BCUT2D eigenvalue weighted by atomic mass is 10.1. The van der Waals surface area contributed by atoms with Gasteiger partial charge in [-0.15, -0.1) is 0 Å². The predicted molar refractivity (Wildman–Crippen MR) is 81.5 cm³/mol. The maximum atomic E-state index is 11.4. The lowest BCUT2D eigenvalue weighted by molar-refractivity contribution is -0.140. The van der Waals surface area contributed by atoms with Gasteiger partial charge in [0.05, 0.1) is 18.6 Å².